The van der Waals surface area contributed by atoms with Gasteiger partial charge in [0.25, 0.3) is 0 Å². The predicted octanol–water partition coefficient (Wildman–Crippen LogP) is 2.23. The van der Waals surface area contributed by atoms with Crippen LogP contribution in [0.25, 0.3) is 5.69 Å². The Labute approximate surface area is 96.3 Å². The van der Waals surface area contributed by atoms with Gasteiger partial charge in [-0.1, -0.05) is 0 Å². The Morgan fingerprint density at radius 3 is 2.67 bits per heavy atom. The second-order valence-corrected chi connectivity index (χ2v) is 4.18. The lowest BCUT2D eigenvalue weighted by atomic mass is 10.3. The fourth-order valence-electron chi connectivity index (χ4n) is 1.43. The third-order valence-corrected chi connectivity index (χ3v) is 2.94. The van der Waals surface area contributed by atoms with Crippen LogP contribution in [0.15, 0.2) is 22.9 Å². The van der Waals surface area contributed by atoms with E-state index in [2.05, 4.69) is 26.0 Å². The summed E-state index contributed by atoms with van der Waals surface area (Å²) in [4.78, 5) is 4.01. The number of aryl methyl sites for hydroxylation is 1. The maximum absolute atomic E-state index is 5.88. The smallest absolute Gasteiger partial charge is 0.0830 e. The van der Waals surface area contributed by atoms with Gasteiger partial charge in [0.05, 0.1) is 27.2 Å². The number of rotatable bonds is 1. The molecule has 0 aliphatic rings. The molecule has 0 spiro atoms. The van der Waals surface area contributed by atoms with E-state index in [1.165, 1.54) is 0 Å². The van der Waals surface area contributed by atoms with Crippen LogP contribution in [0, 0.1) is 13.8 Å². The summed E-state index contributed by atoms with van der Waals surface area (Å²) in [5.74, 6) is 0. The van der Waals surface area contributed by atoms with E-state index >= 15 is 0 Å². The van der Waals surface area contributed by atoms with E-state index in [-0.39, 0.29) is 0 Å². The molecule has 2 rings (SSSR count). The zero-order chi connectivity index (χ0) is 11.0. The summed E-state index contributed by atoms with van der Waals surface area (Å²) in [7, 11) is 0. The minimum absolute atomic E-state index is 0.735. The molecule has 5 heteroatoms. The number of hydrogen-bond donors (Lipinski definition) is 1. The number of nitrogens with two attached hydrogens (primary N) is 1. The molecule has 2 aromatic heterocycles. The number of halogens is 1. The van der Waals surface area contributed by atoms with Crippen LogP contribution >= 0.6 is 15.9 Å². The topological polar surface area (TPSA) is 56.7 Å². The van der Waals surface area contributed by atoms with Gasteiger partial charge in [-0.15, -0.1) is 0 Å². The number of aromatic nitrogens is 3. The summed E-state index contributed by atoms with van der Waals surface area (Å²) in [6, 6.07) is 1.89. The van der Waals surface area contributed by atoms with E-state index in [1.807, 2.05) is 24.6 Å². The van der Waals surface area contributed by atoms with E-state index < -0.39 is 0 Å². The molecule has 0 aliphatic carbocycles. The molecule has 0 unspecified atom stereocenters. The highest BCUT2D eigenvalue weighted by molar-refractivity contribution is 9.10. The van der Waals surface area contributed by atoms with Crippen molar-refractivity contribution in [1.29, 1.82) is 0 Å². The third-order valence-electron chi connectivity index (χ3n) is 2.33. The van der Waals surface area contributed by atoms with Gasteiger partial charge in [-0.25, -0.2) is 4.68 Å². The highest BCUT2D eigenvalue weighted by Gasteiger charge is 2.11. The molecule has 78 valence electrons. The molecule has 0 amide bonds. The summed E-state index contributed by atoms with van der Waals surface area (Å²) in [6.45, 7) is 3.84. The molecule has 0 aromatic carbocycles. The first-order chi connectivity index (χ1) is 7.11. The van der Waals surface area contributed by atoms with Gasteiger partial charge in [-0.05, 0) is 35.8 Å². The Morgan fingerprint density at radius 1 is 1.40 bits per heavy atom. The zero-order valence-corrected chi connectivity index (χ0v) is 10.1. The highest BCUT2D eigenvalue weighted by atomic mass is 79.9. The number of nitrogen functional groups attached to an aromatic ring is 1. The number of pyridine rings is 1. The molecule has 15 heavy (non-hydrogen) atoms. The van der Waals surface area contributed by atoms with Crippen molar-refractivity contribution in [3.8, 4) is 5.69 Å². The molecule has 0 radical (unpaired) electrons. The maximum atomic E-state index is 5.88. The van der Waals surface area contributed by atoms with Crippen LogP contribution in [0.3, 0.4) is 0 Å². The van der Waals surface area contributed by atoms with Crippen LogP contribution in [0.4, 0.5) is 5.69 Å². The Hall–Kier alpha value is -1.36. The van der Waals surface area contributed by atoms with Crippen molar-refractivity contribution in [2.24, 2.45) is 0 Å². The van der Waals surface area contributed by atoms with Crippen molar-refractivity contribution in [2.75, 3.05) is 5.73 Å². The van der Waals surface area contributed by atoms with Crippen molar-refractivity contribution >= 4 is 21.6 Å². The van der Waals surface area contributed by atoms with Crippen molar-refractivity contribution in [1.82, 2.24) is 14.8 Å². The Bertz CT molecular complexity index is 504. The molecule has 0 saturated heterocycles. The molecule has 0 aliphatic heterocycles. The lowest BCUT2D eigenvalue weighted by molar-refractivity contribution is 0.827. The standard InChI is InChI=1S/C10H11BrN4/c1-6-10(12)7(2)15(14-6)9-3-4-13-5-8(9)11/h3-5H,12H2,1-2H3. The predicted molar refractivity (Wildman–Crippen MR) is 62.9 cm³/mol. The average Bonchev–Trinajstić information content (AvgIpc) is 2.47. The van der Waals surface area contributed by atoms with E-state index in [9.17, 15) is 0 Å². The van der Waals surface area contributed by atoms with E-state index in [4.69, 9.17) is 5.73 Å². The zero-order valence-electron chi connectivity index (χ0n) is 8.53. The van der Waals surface area contributed by atoms with Crippen molar-refractivity contribution < 1.29 is 0 Å². The first-order valence-electron chi connectivity index (χ1n) is 4.53. The van der Waals surface area contributed by atoms with Crippen LogP contribution in [0.1, 0.15) is 11.4 Å². The van der Waals surface area contributed by atoms with Gasteiger partial charge >= 0.3 is 0 Å². The third kappa shape index (κ3) is 1.63. The maximum Gasteiger partial charge on any atom is 0.0830 e. The summed E-state index contributed by atoms with van der Waals surface area (Å²) in [5, 5.41) is 4.37. The minimum Gasteiger partial charge on any atom is -0.396 e. The van der Waals surface area contributed by atoms with Gasteiger partial charge in [-0.3, -0.25) is 4.98 Å². The molecule has 2 aromatic rings. The van der Waals surface area contributed by atoms with Gasteiger partial charge < -0.3 is 5.73 Å². The molecule has 4 nitrogen and oxygen atoms in total. The Balaban J connectivity index is 2.65. The van der Waals surface area contributed by atoms with Gasteiger partial charge in [0.15, 0.2) is 0 Å². The van der Waals surface area contributed by atoms with Gasteiger partial charge in [0.1, 0.15) is 0 Å². The fourth-order valence-corrected chi connectivity index (χ4v) is 1.85. The molecule has 0 fully saturated rings. The summed E-state index contributed by atoms with van der Waals surface area (Å²) in [5.41, 5.74) is 9.34. The second kappa shape index (κ2) is 3.66. The highest BCUT2D eigenvalue weighted by Crippen LogP contribution is 2.24. The average molecular weight is 267 g/mol. The Kier molecular flexibility index (Phi) is 2.48. The van der Waals surface area contributed by atoms with Crippen LogP contribution in [-0.4, -0.2) is 14.8 Å². The monoisotopic (exact) mass is 266 g/mol. The molecule has 0 bridgehead atoms. The molecular weight excluding hydrogens is 256 g/mol. The lowest BCUT2D eigenvalue weighted by Gasteiger charge is -2.05. The molecule has 0 saturated carbocycles. The quantitative estimate of drug-likeness (QED) is 0.861. The summed E-state index contributed by atoms with van der Waals surface area (Å²) < 4.78 is 2.71. The number of anilines is 1. The van der Waals surface area contributed by atoms with Crippen molar-refractivity contribution in [3.63, 3.8) is 0 Å². The van der Waals surface area contributed by atoms with E-state index in [0.29, 0.717) is 0 Å². The molecule has 0 atom stereocenters. The first-order valence-corrected chi connectivity index (χ1v) is 5.32. The van der Waals surface area contributed by atoms with Crippen LogP contribution < -0.4 is 5.73 Å². The van der Waals surface area contributed by atoms with Crippen LogP contribution in [0.2, 0.25) is 0 Å². The lowest BCUT2D eigenvalue weighted by Crippen LogP contribution is -2.00. The number of nitrogens with zero attached hydrogens (tertiary/aromatic N) is 3. The normalized spacial score (nSPS) is 10.6. The van der Waals surface area contributed by atoms with Gasteiger partial charge in [-0.2, -0.15) is 5.10 Å². The largest absolute Gasteiger partial charge is 0.396 e. The minimum atomic E-state index is 0.735. The summed E-state index contributed by atoms with van der Waals surface area (Å²) in [6.07, 6.45) is 3.47. The molecular formula is C10H11BrN4. The SMILES string of the molecule is Cc1nn(-c2ccncc2Br)c(C)c1N. The van der Waals surface area contributed by atoms with Crippen molar-refractivity contribution in [2.45, 2.75) is 13.8 Å². The molecule has 2 heterocycles. The van der Waals surface area contributed by atoms with Crippen LogP contribution in [0.5, 0.6) is 0 Å². The van der Waals surface area contributed by atoms with E-state index in [1.54, 1.807) is 12.4 Å². The summed E-state index contributed by atoms with van der Waals surface area (Å²) >= 11 is 3.44. The molecule has 2 N–H and O–H groups in total. The van der Waals surface area contributed by atoms with Gasteiger partial charge in [0.2, 0.25) is 0 Å². The van der Waals surface area contributed by atoms with Crippen molar-refractivity contribution in [3.05, 3.63) is 34.3 Å². The van der Waals surface area contributed by atoms with Gasteiger partial charge in [0, 0.05) is 12.4 Å². The number of hydrogen-bond acceptors (Lipinski definition) is 3. The fraction of sp³-hybridized carbons (Fsp3) is 0.200. The van der Waals surface area contributed by atoms with Crippen LogP contribution in [-0.2, 0) is 0 Å². The second-order valence-electron chi connectivity index (χ2n) is 3.32. The Morgan fingerprint density at radius 2 is 2.13 bits per heavy atom. The van der Waals surface area contributed by atoms with E-state index in [0.717, 1.165) is 27.2 Å². The first kappa shape index (κ1) is 10.2.